The summed E-state index contributed by atoms with van der Waals surface area (Å²) in [5.41, 5.74) is 0. The number of aliphatic hydroxyl groups is 2. The minimum atomic E-state index is -0.788. The van der Waals surface area contributed by atoms with Crippen molar-refractivity contribution in [2.45, 2.75) is 341 Å². The lowest BCUT2D eigenvalue weighted by molar-refractivity contribution is -0.151. The normalized spacial score (nSPS) is 13.3. The van der Waals surface area contributed by atoms with Crippen molar-refractivity contribution in [1.82, 2.24) is 5.32 Å². The Bertz CT molecular complexity index is 1120. The topological polar surface area (TPSA) is 95.9 Å². The van der Waals surface area contributed by atoms with Crippen molar-refractivity contribution in [3.8, 4) is 0 Å². The quantitative estimate of drug-likeness (QED) is 0.0321. The Morgan fingerprint density at radius 3 is 1.16 bits per heavy atom. The van der Waals surface area contributed by atoms with Crippen molar-refractivity contribution in [2.24, 2.45) is 0 Å². The van der Waals surface area contributed by atoms with Gasteiger partial charge in [-0.1, -0.05) is 282 Å². The molecule has 6 heteroatoms. The lowest BCUT2D eigenvalue weighted by Gasteiger charge is -2.24. The van der Waals surface area contributed by atoms with Gasteiger partial charge in [0.1, 0.15) is 6.10 Å². The molecule has 0 fully saturated rings. The van der Waals surface area contributed by atoms with E-state index in [9.17, 15) is 19.8 Å². The van der Waals surface area contributed by atoms with Crippen molar-refractivity contribution in [1.29, 1.82) is 0 Å². The first-order chi connectivity index (χ1) is 33.5. The highest BCUT2D eigenvalue weighted by atomic mass is 16.5. The van der Waals surface area contributed by atoms with E-state index in [0.29, 0.717) is 19.3 Å². The second-order valence-corrected chi connectivity index (χ2v) is 20.8. The Morgan fingerprint density at radius 1 is 0.426 bits per heavy atom. The van der Waals surface area contributed by atoms with Gasteiger partial charge in [-0.2, -0.15) is 0 Å². The lowest BCUT2D eigenvalue weighted by Crippen LogP contribution is -2.46. The molecule has 0 aliphatic rings. The van der Waals surface area contributed by atoms with Gasteiger partial charge in [0.2, 0.25) is 5.91 Å². The zero-order valence-corrected chi connectivity index (χ0v) is 45.8. The van der Waals surface area contributed by atoms with Crippen LogP contribution in [-0.2, 0) is 14.3 Å². The lowest BCUT2D eigenvalue weighted by atomic mass is 10.0. The van der Waals surface area contributed by atoms with E-state index >= 15 is 0 Å². The molecule has 0 saturated carbocycles. The highest BCUT2D eigenvalue weighted by Crippen LogP contribution is 2.19. The van der Waals surface area contributed by atoms with Crippen LogP contribution in [-0.4, -0.2) is 46.9 Å². The van der Waals surface area contributed by atoms with Crippen LogP contribution >= 0.6 is 0 Å². The summed E-state index contributed by atoms with van der Waals surface area (Å²) in [6.07, 6.45) is 67.8. The second kappa shape index (κ2) is 56.0. The van der Waals surface area contributed by atoms with Crippen LogP contribution in [0.1, 0.15) is 323 Å². The third-order valence-corrected chi connectivity index (χ3v) is 14.0. The van der Waals surface area contributed by atoms with E-state index in [0.717, 1.165) is 64.2 Å². The molecule has 3 N–H and O–H groups in total. The smallest absolute Gasteiger partial charge is 0.306 e. The monoisotopic (exact) mass is 956 g/mol. The van der Waals surface area contributed by atoms with Crippen molar-refractivity contribution >= 4 is 11.9 Å². The summed E-state index contributed by atoms with van der Waals surface area (Å²) in [7, 11) is 0. The Labute approximate surface area is 424 Å². The Hall–Kier alpha value is -1.92. The largest absolute Gasteiger partial charge is 0.462 e. The number of nitrogens with one attached hydrogen (secondary N) is 1. The van der Waals surface area contributed by atoms with Crippen LogP contribution in [0.15, 0.2) is 36.5 Å². The number of esters is 1. The molecule has 0 bridgehead atoms. The Morgan fingerprint density at radius 2 is 0.750 bits per heavy atom. The van der Waals surface area contributed by atoms with Crippen LogP contribution in [0.4, 0.5) is 0 Å². The van der Waals surface area contributed by atoms with Gasteiger partial charge in [0, 0.05) is 6.42 Å². The van der Waals surface area contributed by atoms with Crippen LogP contribution in [0.5, 0.6) is 0 Å². The van der Waals surface area contributed by atoms with E-state index in [1.807, 2.05) is 0 Å². The fourth-order valence-corrected chi connectivity index (χ4v) is 9.38. The maximum atomic E-state index is 13.3. The molecule has 0 radical (unpaired) electrons. The highest BCUT2D eigenvalue weighted by Gasteiger charge is 2.24. The van der Waals surface area contributed by atoms with Gasteiger partial charge in [-0.3, -0.25) is 9.59 Å². The van der Waals surface area contributed by atoms with Gasteiger partial charge < -0.3 is 20.3 Å². The van der Waals surface area contributed by atoms with E-state index in [1.165, 1.54) is 212 Å². The number of amides is 1. The number of ether oxygens (including phenoxy) is 1. The zero-order chi connectivity index (χ0) is 49.5. The number of rotatable bonds is 55. The number of unbranched alkanes of at least 4 members (excludes halogenated alkanes) is 37. The predicted octanol–water partition coefficient (Wildman–Crippen LogP) is 18.8. The molecule has 3 atom stereocenters. The fourth-order valence-electron chi connectivity index (χ4n) is 9.38. The number of aliphatic hydroxyl groups excluding tert-OH is 2. The minimum Gasteiger partial charge on any atom is -0.462 e. The van der Waals surface area contributed by atoms with Gasteiger partial charge in [0.15, 0.2) is 0 Å². The molecule has 68 heavy (non-hydrogen) atoms. The molecule has 0 heterocycles. The van der Waals surface area contributed by atoms with Gasteiger partial charge in [-0.15, -0.1) is 0 Å². The molecule has 0 aliphatic heterocycles. The van der Waals surface area contributed by atoms with Crippen LogP contribution in [0.25, 0.3) is 0 Å². The SMILES string of the molecule is CCCCC/C=C\C/C=C\C/C=C\CCCCCCCCC(=O)OC(CCCCCCCCCCCCCCCCCC)CC(=O)NC(CO)C(O)CCCCCCCCCCCCCCCC. The third-order valence-electron chi connectivity index (χ3n) is 14.0. The average Bonchev–Trinajstić information content (AvgIpc) is 3.33. The number of hydrogen-bond donors (Lipinski definition) is 3. The minimum absolute atomic E-state index is 0.0772. The summed E-state index contributed by atoms with van der Waals surface area (Å²) in [5, 5.41) is 23.9. The summed E-state index contributed by atoms with van der Waals surface area (Å²) in [6, 6.07) is -0.702. The van der Waals surface area contributed by atoms with Crippen LogP contribution in [0.2, 0.25) is 0 Å². The maximum absolute atomic E-state index is 13.3. The molecule has 0 aromatic carbocycles. The van der Waals surface area contributed by atoms with Crippen LogP contribution in [0.3, 0.4) is 0 Å². The molecule has 3 unspecified atom stereocenters. The molecule has 0 aromatic heterocycles. The molecule has 0 aromatic rings. The van der Waals surface area contributed by atoms with E-state index in [-0.39, 0.29) is 24.9 Å². The van der Waals surface area contributed by atoms with Gasteiger partial charge in [0.05, 0.1) is 25.2 Å². The molecule has 0 rings (SSSR count). The van der Waals surface area contributed by atoms with E-state index < -0.39 is 18.2 Å². The third kappa shape index (κ3) is 50.5. The summed E-state index contributed by atoms with van der Waals surface area (Å²) in [5.74, 6) is -0.469. The van der Waals surface area contributed by atoms with Crippen molar-refractivity contribution < 1.29 is 24.5 Å². The van der Waals surface area contributed by atoms with Gasteiger partial charge in [0.25, 0.3) is 0 Å². The number of hydrogen-bond acceptors (Lipinski definition) is 5. The van der Waals surface area contributed by atoms with E-state index in [4.69, 9.17) is 4.74 Å². The first-order valence-electron chi connectivity index (χ1n) is 30.2. The first-order valence-corrected chi connectivity index (χ1v) is 30.2. The van der Waals surface area contributed by atoms with Crippen molar-refractivity contribution in [3.05, 3.63) is 36.5 Å². The number of carbonyl (C=O) groups excluding carboxylic acids is 2. The summed E-state index contributed by atoms with van der Waals surface area (Å²) < 4.78 is 5.97. The van der Waals surface area contributed by atoms with Crippen molar-refractivity contribution in [3.63, 3.8) is 0 Å². The standard InChI is InChI=1S/C62H117NO5/c1-4-7-10-13-16-19-22-25-28-30-31-32-34-37-40-43-46-49-52-55-62(67)68-58(53-50-47-44-41-38-35-33-29-26-23-20-17-14-11-8-5-2)56-61(66)63-59(57-64)60(65)54-51-48-45-42-39-36-27-24-21-18-15-12-9-6-3/h16,19,25,28,31-32,58-60,64-65H,4-15,17-18,20-24,26-27,29-30,33-57H2,1-3H3,(H,63,66)/b19-16-,28-25-,32-31-. The fraction of sp³-hybridized carbons (Fsp3) is 0.871. The summed E-state index contributed by atoms with van der Waals surface area (Å²) in [4.78, 5) is 26.3. The molecule has 6 nitrogen and oxygen atoms in total. The van der Waals surface area contributed by atoms with Gasteiger partial charge in [-0.25, -0.2) is 0 Å². The molecular weight excluding hydrogens is 839 g/mol. The average molecular weight is 957 g/mol. The van der Waals surface area contributed by atoms with Crippen molar-refractivity contribution in [2.75, 3.05) is 6.61 Å². The Kier molecular flexibility index (Phi) is 54.4. The maximum Gasteiger partial charge on any atom is 0.306 e. The Balaban J connectivity index is 4.54. The second-order valence-electron chi connectivity index (χ2n) is 20.8. The first kappa shape index (κ1) is 66.1. The molecule has 0 saturated heterocycles. The molecule has 0 spiro atoms. The van der Waals surface area contributed by atoms with Gasteiger partial charge >= 0.3 is 5.97 Å². The molecule has 400 valence electrons. The summed E-state index contributed by atoms with van der Waals surface area (Å²) in [6.45, 7) is 6.50. The van der Waals surface area contributed by atoms with Crippen LogP contribution < -0.4 is 5.32 Å². The predicted molar refractivity (Wildman–Crippen MR) is 296 cm³/mol. The molecule has 1 amide bonds. The molecular formula is C62H117NO5. The van der Waals surface area contributed by atoms with E-state index in [2.05, 4.69) is 62.5 Å². The van der Waals surface area contributed by atoms with Crippen LogP contribution in [0, 0.1) is 0 Å². The summed E-state index contributed by atoms with van der Waals surface area (Å²) >= 11 is 0. The zero-order valence-electron chi connectivity index (χ0n) is 45.8. The van der Waals surface area contributed by atoms with E-state index in [1.54, 1.807) is 0 Å². The van der Waals surface area contributed by atoms with Gasteiger partial charge in [-0.05, 0) is 64.2 Å². The number of carbonyl (C=O) groups is 2. The molecule has 0 aliphatic carbocycles. The highest BCUT2D eigenvalue weighted by molar-refractivity contribution is 5.77. The number of allylic oxidation sites excluding steroid dienone is 6.